The maximum atomic E-state index is 11.8. The molecule has 0 unspecified atom stereocenters. The topological polar surface area (TPSA) is 61.8 Å². The van der Waals surface area contributed by atoms with Gasteiger partial charge >= 0.3 is 5.97 Å². The summed E-state index contributed by atoms with van der Waals surface area (Å²) in [4.78, 5) is 22.8. The van der Waals surface area contributed by atoms with Crippen molar-refractivity contribution in [3.63, 3.8) is 0 Å². The molecular weight excluding hydrogens is 236 g/mol. The number of carbonyl (C=O) groups is 2. The van der Waals surface area contributed by atoms with Crippen molar-refractivity contribution in [2.24, 2.45) is 0 Å². The molecule has 0 N–H and O–H groups in total. The van der Waals surface area contributed by atoms with Gasteiger partial charge in [-0.1, -0.05) is 0 Å². The summed E-state index contributed by atoms with van der Waals surface area (Å²) in [5.41, 5.74) is 0.350. The molecule has 0 fully saturated rings. The van der Waals surface area contributed by atoms with Crippen LogP contribution in [-0.2, 0) is 23.8 Å². The lowest BCUT2D eigenvalue weighted by atomic mass is 10.0. The first kappa shape index (κ1) is 14.0. The van der Waals surface area contributed by atoms with Crippen LogP contribution in [0.5, 0.6) is 0 Å². The van der Waals surface area contributed by atoms with Crippen LogP contribution in [-0.4, -0.2) is 32.6 Å². The van der Waals surface area contributed by atoms with E-state index in [0.29, 0.717) is 30.1 Å². The van der Waals surface area contributed by atoms with Crippen LogP contribution in [0, 0.1) is 0 Å². The molecule has 0 spiro atoms. The molecule has 98 valence electrons. The van der Waals surface area contributed by atoms with Gasteiger partial charge in [0.2, 0.25) is 0 Å². The summed E-state index contributed by atoms with van der Waals surface area (Å²) < 4.78 is 14.9. The van der Waals surface area contributed by atoms with Gasteiger partial charge in [0.15, 0.2) is 5.78 Å². The second-order valence-corrected chi connectivity index (χ2v) is 3.62. The van der Waals surface area contributed by atoms with Crippen molar-refractivity contribution < 1.29 is 23.8 Å². The van der Waals surface area contributed by atoms with E-state index in [1.54, 1.807) is 13.0 Å². The maximum Gasteiger partial charge on any atom is 0.330 e. The van der Waals surface area contributed by atoms with Gasteiger partial charge < -0.3 is 14.2 Å². The summed E-state index contributed by atoms with van der Waals surface area (Å²) in [7, 11) is 2.80. The fourth-order valence-corrected chi connectivity index (χ4v) is 1.36. The molecule has 0 bridgehead atoms. The molecule has 1 rings (SSSR count). The first-order chi connectivity index (χ1) is 8.58. The fourth-order valence-electron chi connectivity index (χ4n) is 1.36. The lowest BCUT2D eigenvalue weighted by molar-refractivity contribution is -0.134. The highest BCUT2D eigenvalue weighted by atomic mass is 16.5. The summed E-state index contributed by atoms with van der Waals surface area (Å²) in [6, 6.07) is 0. The molecular formula is C13H16O5. The number of hydrogen-bond acceptors (Lipinski definition) is 5. The van der Waals surface area contributed by atoms with Crippen molar-refractivity contribution in [1.82, 2.24) is 0 Å². The smallest absolute Gasteiger partial charge is 0.330 e. The Balaban J connectivity index is 3.06. The van der Waals surface area contributed by atoms with Crippen LogP contribution < -0.4 is 0 Å². The predicted molar refractivity (Wildman–Crippen MR) is 64.5 cm³/mol. The number of hydrogen-bond donors (Lipinski definition) is 0. The van der Waals surface area contributed by atoms with Crippen LogP contribution in [0.3, 0.4) is 0 Å². The van der Waals surface area contributed by atoms with E-state index in [2.05, 4.69) is 4.74 Å². The monoisotopic (exact) mass is 252 g/mol. The molecule has 1 heterocycles. The van der Waals surface area contributed by atoms with E-state index < -0.39 is 5.97 Å². The van der Waals surface area contributed by atoms with Crippen molar-refractivity contribution in [3.05, 3.63) is 35.3 Å². The van der Waals surface area contributed by atoms with Crippen LogP contribution in [0.25, 0.3) is 0 Å². The zero-order chi connectivity index (χ0) is 13.5. The molecule has 5 heteroatoms. The molecule has 0 saturated carbocycles. The van der Waals surface area contributed by atoms with E-state index >= 15 is 0 Å². The van der Waals surface area contributed by atoms with E-state index in [9.17, 15) is 9.59 Å². The van der Waals surface area contributed by atoms with Gasteiger partial charge in [-0.2, -0.15) is 0 Å². The Bertz CT molecular complexity index is 429. The van der Waals surface area contributed by atoms with Crippen LogP contribution in [0.1, 0.15) is 13.3 Å². The molecule has 0 aromatic rings. The first-order valence-corrected chi connectivity index (χ1v) is 5.47. The minimum Gasteiger partial charge on any atom is -0.501 e. The Kier molecular flexibility index (Phi) is 5.17. The third-order valence-electron chi connectivity index (χ3n) is 2.40. The molecule has 1 aliphatic heterocycles. The summed E-state index contributed by atoms with van der Waals surface area (Å²) in [5, 5.41) is 0. The lowest BCUT2D eigenvalue weighted by Gasteiger charge is -2.16. The molecule has 1 aliphatic rings. The normalized spacial score (nSPS) is 16.8. The van der Waals surface area contributed by atoms with Gasteiger partial charge in [0.05, 0.1) is 32.2 Å². The first-order valence-electron chi connectivity index (χ1n) is 5.47. The molecule has 18 heavy (non-hydrogen) atoms. The number of Topliss-reactive ketones (excluding diaryl/α,β-unsaturated/α-hetero) is 1. The SMILES string of the molecule is COC(=O)/C=C/C1=C(/C=C(\C)OC)OCCC1=O. The van der Waals surface area contributed by atoms with Crippen molar-refractivity contribution in [2.45, 2.75) is 13.3 Å². The third kappa shape index (κ3) is 3.76. The van der Waals surface area contributed by atoms with Gasteiger partial charge in [-0.05, 0) is 13.0 Å². The molecule has 5 nitrogen and oxygen atoms in total. The Morgan fingerprint density at radius 2 is 2.06 bits per heavy atom. The third-order valence-corrected chi connectivity index (χ3v) is 2.40. The fraction of sp³-hybridized carbons (Fsp3) is 0.385. The number of ketones is 1. The van der Waals surface area contributed by atoms with E-state index in [-0.39, 0.29) is 5.78 Å². The van der Waals surface area contributed by atoms with E-state index in [1.807, 2.05) is 0 Å². The quantitative estimate of drug-likeness (QED) is 0.431. The van der Waals surface area contributed by atoms with Crippen LogP contribution in [0.2, 0.25) is 0 Å². The number of esters is 1. The highest BCUT2D eigenvalue weighted by Crippen LogP contribution is 2.20. The van der Waals surface area contributed by atoms with Gasteiger partial charge in [-0.3, -0.25) is 4.79 Å². The molecule has 0 aromatic heterocycles. The van der Waals surface area contributed by atoms with Gasteiger partial charge in [-0.15, -0.1) is 0 Å². The van der Waals surface area contributed by atoms with Crippen LogP contribution in [0.15, 0.2) is 35.3 Å². The Hall–Kier alpha value is -2.04. The molecule has 0 aromatic carbocycles. The molecule has 0 radical (unpaired) electrons. The Morgan fingerprint density at radius 1 is 1.33 bits per heavy atom. The van der Waals surface area contributed by atoms with Gasteiger partial charge in [0.1, 0.15) is 5.76 Å². The largest absolute Gasteiger partial charge is 0.501 e. The highest BCUT2D eigenvalue weighted by molar-refractivity contribution is 6.00. The highest BCUT2D eigenvalue weighted by Gasteiger charge is 2.19. The van der Waals surface area contributed by atoms with Crippen LogP contribution in [0.4, 0.5) is 0 Å². The van der Waals surface area contributed by atoms with E-state index in [1.165, 1.54) is 26.4 Å². The zero-order valence-corrected chi connectivity index (χ0v) is 10.7. The summed E-state index contributed by atoms with van der Waals surface area (Å²) in [6.45, 7) is 2.08. The second-order valence-electron chi connectivity index (χ2n) is 3.62. The lowest BCUT2D eigenvalue weighted by Crippen LogP contribution is -2.15. The van der Waals surface area contributed by atoms with E-state index in [4.69, 9.17) is 9.47 Å². The molecule has 0 saturated heterocycles. The number of carbonyl (C=O) groups excluding carboxylic acids is 2. The van der Waals surface area contributed by atoms with Gasteiger partial charge in [-0.25, -0.2) is 4.79 Å². The average molecular weight is 252 g/mol. The van der Waals surface area contributed by atoms with Gasteiger partial charge in [0.25, 0.3) is 0 Å². The number of allylic oxidation sites excluding steroid dienone is 4. The van der Waals surface area contributed by atoms with Crippen molar-refractivity contribution >= 4 is 11.8 Å². The van der Waals surface area contributed by atoms with Crippen molar-refractivity contribution in [2.75, 3.05) is 20.8 Å². The standard InChI is InChI=1S/C13H16O5/c1-9(16-2)8-12-10(4-5-13(15)17-3)11(14)6-7-18-12/h4-5,8H,6-7H2,1-3H3/b5-4+,9-8+. The maximum absolute atomic E-state index is 11.8. The zero-order valence-electron chi connectivity index (χ0n) is 10.7. The minimum absolute atomic E-state index is 0.0726. The van der Waals surface area contributed by atoms with Crippen LogP contribution >= 0.6 is 0 Å². The molecule has 0 amide bonds. The number of methoxy groups -OCH3 is 2. The predicted octanol–water partition coefficient (Wildman–Crippen LogP) is 1.51. The summed E-state index contributed by atoms with van der Waals surface area (Å²) in [6.07, 6.45) is 4.51. The molecule has 0 aliphatic carbocycles. The Labute approximate surface area is 106 Å². The number of rotatable bonds is 4. The van der Waals surface area contributed by atoms with Crippen molar-refractivity contribution in [1.29, 1.82) is 0 Å². The summed E-state index contributed by atoms with van der Waals surface area (Å²) >= 11 is 0. The van der Waals surface area contributed by atoms with Gasteiger partial charge in [0, 0.05) is 18.6 Å². The van der Waals surface area contributed by atoms with Crippen molar-refractivity contribution in [3.8, 4) is 0 Å². The van der Waals surface area contributed by atoms with E-state index in [0.717, 1.165) is 0 Å². The Morgan fingerprint density at radius 3 is 2.67 bits per heavy atom. The molecule has 0 atom stereocenters. The second kappa shape index (κ2) is 6.64. The summed E-state index contributed by atoms with van der Waals surface area (Å²) in [5.74, 6) is 0.429. The average Bonchev–Trinajstić information content (AvgIpc) is 2.37. The minimum atomic E-state index is -0.521. The number of ether oxygens (including phenoxy) is 3.